The Hall–Kier alpha value is -0.610. The van der Waals surface area contributed by atoms with Crippen molar-refractivity contribution < 1.29 is 9.90 Å². The number of hydrogen-bond donors (Lipinski definition) is 2. The van der Waals surface area contributed by atoms with Crippen LogP contribution in [-0.2, 0) is 4.79 Å². The van der Waals surface area contributed by atoms with E-state index in [9.17, 15) is 9.90 Å². The van der Waals surface area contributed by atoms with Crippen LogP contribution in [0.4, 0.5) is 0 Å². The van der Waals surface area contributed by atoms with Crippen LogP contribution in [0.1, 0.15) is 33.1 Å². The van der Waals surface area contributed by atoms with Crippen molar-refractivity contribution >= 4 is 5.91 Å². The Morgan fingerprint density at radius 1 is 1.50 bits per heavy atom. The maximum absolute atomic E-state index is 11.7. The van der Waals surface area contributed by atoms with E-state index in [0.717, 1.165) is 19.4 Å². The molecule has 4 heteroatoms. The van der Waals surface area contributed by atoms with Crippen LogP contribution in [-0.4, -0.2) is 48.2 Å². The minimum atomic E-state index is -0.289. The number of likely N-dealkylation sites (N-methyl/N-ethyl adjacent to an activating group) is 1. The second-order valence-corrected chi connectivity index (χ2v) is 4.61. The average molecular weight is 228 g/mol. The Labute approximate surface area is 98.0 Å². The van der Waals surface area contributed by atoms with Gasteiger partial charge in [0, 0.05) is 31.5 Å². The third-order valence-electron chi connectivity index (χ3n) is 3.51. The number of piperidine rings is 1. The van der Waals surface area contributed by atoms with Gasteiger partial charge in [-0.1, -0.05) is 13.8 Å². The lowest BCUT2D eigenvalue weighted by Crippen LogP contribution is -2.52. The SMILES string of the molecule is CCC(=O)N1CC(NC)CC(C(O)CC)C1. The summed E-state index contributed by atoms with van der Waals surface area (Å²) in [5, 5.41) is 13.1. The predicted molar refractivity (Wildman–Crippen MR) is 64.1 cm³/mol. The number of hydrogen-bond acceptors (Lipinski definition) is 3. The molecule has 0 bridgehead atoms. The molecule has 1 rings (SSSR count). The standard InChI is InChI=1S/C12H24N2O2/c1-4-11(15)9-6-10(13-3)8-14(7-9)12(16)5-2/h9-11,13,15H,4-8H2,1-3H3. The fraction of sp³-hybridized carbons (Fsp3) is 0.917. The van der Waals surface area contributed by atoms with E-state index in [1.54, 1.807) is 0 Å². The number of carbonyl (C=O) groups excluding carboxylic acids is 1. The Bertz CT molecular complexity index is 233. The molecular weight excluding hydrogens is 204 g/mol. The lowest BCUT2D eigenvalue weighted by atomic mass is 9.88. The molecule has 3 unspecified atom stereocenters. The molecule has 0 saturated carbocycles. The number of carbonyl (C=O) groups is 1. The highest BCUT2D eigenvalue weighted by molar-refractivity contribution is 5.76. The largest absolute Gasteiger partial charge is 0.393 e. The number of aliphatic hydroxyl groups excluding tert-OH is 1. The van der Waals surface area contributed by atoms with E-state index in [2.05, 4.69) is 5.32 Å². The van der Waals surface area contributed by atoms with Crippen molar-refractivity contribution in [1.82, 2.24) is 10.2 Å². The molecule has 1 aliphatic heterocycles. The highest BCUT2D eigenvalue weighted by Crippen LogP contribution is 2.22. The summed E-state index contributed by atoms with van der Waals surface area (Å²) in [6.45, 7) is 5.35. The Balaban J connectivity index is 2.64. The Morgan fingerprint density at radius 2 is 2.19 bits per heavy atom. The summed E-state index contributed by atoms with van der Waals surface area (Å²) >= 11 is 0. The van der Waals surface area contributed by atoms with Crippen LogP contribution >= 0.6 is 0 Å². The molecule has 0 radical (unpaired) electrons. The van der Waals surface area contributed by atoms with E-state index in [-0.39, 0.29) is 17.9 Å². The number of nitrogens with zero attached hydrogens (tertiary/aromatic N) is 1. The van der Waals surface area contributed by atoms with Gasteiger partial charge in [-0.3, -0.25) is 4.79 Å². The maximum atomic E-state index is 11.7. The third kappa shape index (κ3) is 3.19. The van der Waals surface area contributed by atoms with Gasteiger partial charge in [0.2, 0.25) is 5.91 Å². The van der Waals surface area contributed by atoms with Crippen LogP contribution < -0.4 is 5.32 Å². The zero-order chi connectivity index (χ0) is 12.1. The first kappa shape index (κ1) is 13.5. The monoisotopic (exact) mass is 228 g/mol. The number of likely N-dealkylation sites (tertiary alicyclic amines) is 1. The van der Waals surface area contributed by atoms with E-state index in [1.165, 1.54) is 0 Å². The molecule has 0 aromatic rings. The first-order chi connectivity index (χ1) is 7.62. The number of rotatable bonds is 4. The second-order valence-electron chi connectivity index (χ2n) is 4.61. The number of nitrogens with one attached hydrogen (secondary N) is 1. The van der Waals surface area contributed by atoms with E-state index >= 15 is 0 Å². The first-order valence-electron chi connectivity index (χ1n) is 6.25. The summed E-state index contributed by atoms with van der Waals surface area (Å²) < 4.78 is 0. The predicted octanol–water partition coefficient (Wildman–Crippen LogP) is 0.604. The molecule has 1 saturated heterocycles. The van der Waals surface area contributed by atoms with Crippen LogP contribution in [0.5, 0.6) is 0 Å². The van der Waals surface area contributed by atoms with Crippen molar-refractivity contribution in [3.63, 3.8) is 0 Å². The fourth-order valence-corrected chi connectivity index (χ4v) is 2.39. The van der Waals surface area contributed by atoms with Gasteiger partial charge in [0.15, 0.2) is 0 Å². The van der Waals surface area contributed by atoms with E-state index in [4.69, 9.17) is 0 Å². The molecule has 4 nitrogen and oxygen atoms in total. The van der Waals surface area contributed by atoms with Crippen LogP contribution in [0.15, 0.2) is 0 Å². The van der Waals surface area contributed by atoms with Crippen molar-refractivity contribution in [3.05, 3.63) is 0 Å². The summed E-state index contributed by atoms with van der Waals surface area (Å²) in [5.41, 5.74) is 0. The van der Waals surface area contributed by atoms with Gasteiger partial charge in [0.25, 0.3) is 0 Å². The first-order valence-corrected chi connectivity index (χ1v) is 6.25. The Morgan fingerprint density at radius 3 is 2.69 bits per heavy atom. The molecule has 1 heterocycles. The third-order valence-corrected chi connectivity index (χ3v) is 3.51. The molecular formula is C12H24N2O2. The maximum Gasteiger partial charge on any atom is 0.222 e. The molecule has 16 heavy (non-hydrogen) atoms. The van der Waals surface area contributed by atoms with Gasteiger partial charge in [-0.15, -0.1) is 0 Å². The van der Waals surface area contributed by atoms with Gasteiger partial charge in [-0.2, -0.15) is 0 Å². The van der Waals surface area contributed by atoms with Gasteiger partial charge in [-0.05, 0) is 19.9 Å². The lowest BCUT2D eigenvalue weighted by molar-refractivity contribution is -0.134. The topological polar surface area (TPSA) is 52.6 Å². The normalized spacial score (nSPS) is 27.9. The van der Waals surface area contributed by atoms with Gasteiger partial charge >= 0.3 is 0 Å². The summed E-state index contributed by atoms with van der Waals surface area (Å²) in [6, 6.07) is 0.315. The zero-order valence-electron chi connectivity index (χ0n) is 10.6. The minimum absolute atomic E-state index is 0.188. The van der Waals surface area contributed by atoms with E-state index in [1.807, 2.05) is 25.8 Å². The summed E-state index contributed by atoms with van der Waals surface area (Å²) in [4.78, 5) is 13.6. The molecule has 94 valence electrons. The molecule has 1 amide bonds. The molecule has 2 N–H and O–H groups in total. The van der Waals surface area contributed by atoms with Crippen molar-refractivity contribution in [1.29, 1.82) is 0 Å². The lowest BCUT2D eigenvalue weighted by Gasteiger charge is -2.39. The average Bonchev–Trinajstić information content (AvgIpc) is 2.35. The van der Waals surface area contributed by atoms with E-state index < -0.39 is 0 Å². The zero-order valence-corrected chi connectivity index (χ0v) is 10.6. The molecule has 3 atom stereocenters. The quantitative estimate of drug-likeness (QED) is 0.741. The van der Waals surface area contributed by atoms with E-state index in [0.29, 0.717) is 19.0 Å². The van der Waals surface area contributed by atoms with Crippen LogP contribution in [0, 0.1) is 5.92 Å². The highest BCUT2D eigenvalue weighted by Gasteiger charge is 2.31. The molecule has 0 aromatic carbocycles. The van der Waals surface area contributed by atoms with Crippen LogP contribution in [0.3, 0.4) is 0 Å². The van der Waals surface area contributed by atoms with Gasteiger partial charge in [0.05, 0.1) is 6.10 Å². The number of aliphatic hydroxyl groups is 1. The number of amides is 1. The smallest absolute Gasteiger partial charge is 0.222 e. The van der Waals surface area contributed by atoms with Crippen LogP contribution in [0.25, 0.3) is 0 Å². The molecule has 0 spiro atoms. The fourth-order valence-electron chi connectivity index (χ4n) is 2.39. The van der Waals surface area contributed by atoms with Crippen molar-refractivity contribution in [2.75, 3.05) is 20.1 Å². The molecule has 0 aromatic heterocycles. The van der Waals surface area contributed by atoms with Gasteiger partial charge in [-0.25, -0.2) is 0 Å². The molecule has 1 fully saturated rings. The Kier molecular flexibility index (Phi) is 5.22. The minimum Gasteiger partial charge on any atom is -0.393 e. The highest BCUT2D eigenvalue weighted by atomic mass is 16.3. The molecule has 0 aliphatic carbocycles. The summed E-state index contributed by atoms with van der Waals surface area (Å²) in [6.07, 6.45) is 1.97. The van der Waals surface area contributed by atoms with Crippen molar-refractivity contribution in [3.8, 4) is 0 Å². The van der Waals surface area contributed by atoms with Crippen molar-refractivity contribution in [2.45, 2.75) is 45.3 Å². The second kappa shape index (κ2) is 6.21. The van der Waals surface area contributed by atoms with Gasteiger partial charge < -0.3 is 15.3 Å². The van der Waals surface area contributed by atoms with Crippen molar-refractivity contribution in [2.24, 2.45) is 5.92 Å². The summed E-state index contributed by atoms with van der Waals surface area (Å²) in [7, 11) is 1.92. The van der Waals surface area contributed by atoms with Crippen LogP contribution in [0.2, 0.25) is 0 Å². The molecule has 1 aliphatic rings. The summed E-state index contributed by atoms with van der Waals surface area (Å²) in [5.74, 6) is 0.403. The van der Waals surface area contributed by atoms with Gasteiger partial charge in [0.1, 0.15) is 0 Å².